The highest BCUT2D eigenvalue weighted by atomic mass is 16.2. The minimum absolute atomic E-state index is 0.0550. The van der Waals surface area contributed by atoms with Crippen LogP contribution in [0.5, 0.6) is 0 Å². The van der Waals surface area contributed by atoms with Crippen LogP contribution in [-0.2, 0) is 7.05 Å². The van der Waals surface area contributed by atoms with E-state index in [1.165, 1.54) is 0 Å². The quantitative estimate of drug-likeness (QED) is 0.803. The van der Waals surface area contributed by atoms with Crippen LogP contribution in [0.2, 0.25) is 0 Å². The Morgan fingerprint density at radius 1 is 1.14 bits per heavy atom. The van der Waals surface area contributed by atoms with Gasteiger partial charge in [-0.15, -0.1) is 0 Å². The molecule has 0 aliphatic carbocycles. The average Bonchev–Trinajstić information content (AvgIpc) is 2.87. The Morgan fingerprint density at radius 3 is 2.48 bits per heavy atom. The summed E-state index contributed by atoms with van der Waals surface area (Å²) in [7, 11) is 1.85. The van der Waals surface area contributed by atoms with E-state index in [4.69, 9.17) is 0 Å². The first-order chi connectivity index (χ1) is 10.2. The van der Waals surface area contributed by atoms with Crippen molar-refractivity contribution in [2.24, 2.45) is 7.05 Å². The predicted octanol–water partition coefficient (Wildman–Crippen LogP) is 0.481. The molecule has 3 heterocycles. The number of anilines is 1. The highest BCUT2D eigenvalue weighted by Crippen LogP contribution is 2.15. The summed E-state index contributed by atoms with van der Waals surface area (Å²) < 4.78 is 1.73. The van der Waals surface area contributed by atoms with Gasteiger partial charge in [-0.3, -0.25) is 14.5 Å². The summed E-state index contributed by atoms with van der Waals surface area (Å²) >= 11 is 0. The molecule has 1 aliphatic heterocycles. The van der Waals surface area contributed by atoms with E-state index in [2.05, 4.69) is 20.0 Å². The Labute approximate surface area is 123 Å². The van der Waals surface area contributed by atoms with Crippen LogP contribution in [-0.4, -0.2) is 56.7 Å². The molecule has 0 N–H and O–H groups in total. The SMILES string of the molecule is Cc1c(C(=O)N2CCN(c3cnccn3)CC2)cnn1C. The molecule has 0 atom stereocenters. The van der Waals surface area contributed by atoms with Gasteiger partial charge in [-0.2, -0.15) is 5.10 Å². The average molecular weight is 286 g/mol. The third-order valence-electron chi connectivity index (χ3n) is 3.91. The summed E-state index contributed by atoms with van der Waals surface area (Å²) in [5.41, 5.74) is 1.59. The second-order valence-corrected chi connectivity index (χ2v) is 5.11. The van der Waals surface area contributed by atoms with Crippen molar-refractivity contribution in [3.05, 3.63) is 36.0 Å². The Morgan fingerprint density at radius 2 is 1.90 bits per heavy atom. The molecule has 7 heteroatoms. The van der Waals surface area contributed by atoms with Crippen LogP contribution in [0, 0.1) is 6.92 Å². The lowest BCUT2D eigenvalue weighted by atomic mass is 10.2. The fraction of sp³-hybridized carbons (Fsp3) is 0.429. The molecule has 1 amide bonds. The minimum atomic E-state index is 0.0550. The van der Waals surface area contributed by atoms with Crippen molar-refractivity contribution in [1.29, 1.82) is 0 Å². The molecule has 1 fully saturated rings. The lowest BCUT2D eigenvalue weighted by molar-refractivity contribution is 0.0745. The highest BCUT2D eigenvalue weighted by molar-refractivity contribution is 5.95. The number of aromatic nitrogens is 4. The number of rotatable bonds is 2. The topological polar surface area (TPSA) is 67.2 Å². The van der Waals surface area contributed by atoms with E-state index in [0.717, 1.165) is 24.6 Å². The first-order valence-corrected chi connectivity index (χ1v) is 6.95. The molecule has 1 saturated heterocycles. The molecule has 0 aromatic carbocycles. The van der Waals surface area contributed by atoms with Crippen LogP contribution in [0.15, 0.2) is 24.8 Å². The Bertz CT molecular complexity index is 630. The van der Waals surface area contributed by atoms with Gasteiger partial charge in [-0.05, 0) is 6.92 Å². The van der Waals surface area contributed by atoms with Crippen LogP contribution in [0.1, 0.15) is 16.1 Å². The molecule has 0 bridgehead atoms. The second kappa shape index (κ2) is 5.51. The number of aryl methyl sites for hydroxylation is 1. The van der Waals surface area contributed by atoms with E-state index in [1.54, 1.807) is 29.5 Å². The number of nitrogens with zero attached hydrogens (tertiary/aromatic N) is 6. The highest BCUT2D eigenvalue weighted by Gasteiger charge is 2.24. The number of carbonyl (C=O) groups excluding carboxylic acids is 1. The van der Waals surface area contributed by atoms with Crippen molar-refractivity contribution in [3.8, 4) is 0 Å². The third kappa shape index (κ3) is 2.58. The van der Waals surface area contributed by atoms with Crippen molar-refractivity contribution in [1.82, 2.24) is 24.6 Å². The fourth-order valence-electron chi connectivity index (χ4n) is 2.47. The number of amides is 1. The minimum Gasteiger partial charge on any atom is -0.352 e. The fourth-order valence-corrected chi connectivity index (χ4v) is 2.47. The lowest BCUT2D eigenvalue weighted by Crippen LogP contribution is -2.49. The maximum absolute atomic E-state index is 12.5. The second-order valence-electron chi connectivity index (χ2n) is 5.11. The first kappa shape index (κ1) is 13.5. The van der Waals surface area contributed by atoms with Crippen molar-refractivity contribution < 1.29 is 4.79 Å². The number of carbonyl (C=O) groups is 1. The maximum Gasteiger partial charge on any atom is 0.257 e. The summed E-state index contributed by atoms with van der Waals surface area (Å²) in [6.45, 7) is 4.82. The van der Waals surface area contributed by atoms with Crippen LogP contribution < -0.4 is 4.90 Å². The van der Waals surface area contributed by atoms with Crippen molar-refractivity contribution in [2.75, 3.05) is 31.1 Å². The predicted molar refractivity (Wildman–Crippen MR) is 78.1 cm³/mol. The van der Waals surface area contributed by atoms with E-state index in [0.29, 0.717) is 18.7 Å². The third-order valence-corrected chi connectivity index (χ3v) is 3.91. The summed E-state index contributed by atoms with van der Waals surface area (Å²) in [5, 5.41) is 4.14. The van der Waals surface area contributed by atoms with E-state index >= 15 is 0 Å². The lowest BCUT2D eigenvalue weighted by Gasteiger charge is -2.35. The van der Waals surface area contributed by atoms with Gasteiger partial charge in [0.05, 0.1) is 18.0 Å². The summed E-state index contributed by atoms with van der Waals surface area (Å²) in [6, 6.07) is 0. The van der Waals surface area contributed by atoms with Crippen molar-refractivity contribution in [2.45, 2.75) is 6.92 Å². The van der Waals surface area contributed by atoms with E-state index < -0.39 is 0 Å². The first-order valence-electron chi connectivity index (χ1n) is 6.95. The molecule has 2 aromatic rings. The standard InChI is InChI=1S/C14H18N6O/c1-11-12(9-17-18(11)2)14(21)20-7-5-19(6-8-20)13-10-15-3-4-16-13/h3-4,9-10H,5-8H2,1-2H3. The van der Waals surface area contributed by atoms with Gasteiger partial charge in [0.2, 0.25) is 0 Å². The molecule has 110 valence electrons. The van der Waals surface area contributed by atoms with E-state index in [-0.39, 0.29) is 5.91 Å². The molecule has 0 saturated carbocycles. The smallest absolute Gasteiger partial charge is 0.257 e. The van der Waals surface area contributed by atoms with Gasteiger partial charge in [0.25, 0.3) is 5.91 Å². The van der Waals surface area contributed by atoms with Gasteiger partial charge in [0.15, 0.2) is 0 Å². The van der Waals surface area contributed by atoms with Gasteiger partial charge in [-0.25, -0.2) is 4.98 Å². The van der Waals surface area contributed by atoms with E-state index in [1.807, 2.05) is 18.9 Å². The number of piperazine rings is 1. The monoisotopic (exact) mass is 286 g/mol. The molecule has 3 rings (SSSR count). The Balaban J connectivity index is 1.66. The summed E-state index contributed by atoms with van der Waals surface area (Å²) in [5.74, 6) is 0.918. The zero-order valence-electron chi connectivity index (χ0n) is 12.2. The van der Waals surface area contributed by atoms with Crippen molar-refractivity contribution in [3.63, 3.8) is 0 Å². The van der Waals surface area contributed by atoms with Crippen LogP contribution >= 0.6 is 0 Å². The molecule has 21 heavy (non-hydrogen) atoms. The van der Waals surface area contributed by atoms with E-state index in [9.17, 15) is 4.79 Å². The Kier molecular flexibility index (Phi) is 3.55. The van der Waals surface area contributed by atoms with Gasteiger partial charge in [-0.1, -0.05) is 0 Å². The van der Waals surface area contributed by atoms with Gasteiger partial charge >= 0.3 is 0 Å². The molecule has 0 unspecified atom stereocenters. The molecule has 2 aromatic heterocycles. The number of hydrogen-bond acceptors (Lipinski definition) is 5. The molecular formula is C14H18N6O. The molecule has 7 nitrogen and oxygen atoms in total. The summed E-state index contributed by atoms with van der Waals surface area (Å²) in [6.07, 6.45) is 6.75. The van der Waals surface area contributed by atoms with Crippen LogP contribution in [0.3, 0.4) is 0 Å². The molecule has 1 aliphatic rings. The summed E-state index contributed by atoms with van der Waals surface area (Å²) in [4.78, 5) is 24.9. The molecule has 0 radical (unpaired) electrons. The zero-order chi connectivity index (χ0) is 14.8. The molecular weight excluding hydrogens is 268 g/mol. The molecule has 0 spiro atoms. The van der Waals surface area contributed by atoms with Crippen LogP contribution in [0.25, 0.3) is 0 Å². The van der Waals surface area contributed by atoms with Crippen molar-refractivity contribution >= 4 is 11.7 Å². The zero-order valence-corrected chi connectivity index (χ0v) is 12.2. The van der Waals surface area contributed by atoms with Gasteiger partial charge in [0.1, 0.15) is 5.82 Å². The maximum atomic E-state index is 12.5. The van der Waals surface area contributed by atoms with Gasteiger partial charge in [0, 0.05) is 51.3 Å². The Hall–Kier alpha value is -2.44. The van der Waals surface area contributed by atoms with Crippen LogP contribution in [0.4, 0.5) is 5.82 Å². The van der Waals surface area contributed by atoms with Gasteiger partial charge < -0.3 is 9.80 Å². The largest absolute Gasteiger partial charge is 0.352 e. The number of hydrogen-bond donors (Lipinski definition) is 0. The normalized spacial score (nSPS) is 15.3.